The lowest BCUT2D eigenvalue weighted by Gasteiger charge is -2.18. The van der Waals surface area contributed by atoms with E-state index in [0.717, 1.165) is 10.5 Å². The van der Waals surface area contributed by atoms with Crippen LogP contribution in [0, 0.1) is 0 Å². The maximum Gasteiger partial charge on any atom is 0.325 e. The van der Waals surface area contributed by atoms with Gasteiger partial charge in [0.15, 0.2) is 11.3 Å². The van der Waals surface area contributed by atoms with Gasteiger partial charge in [-0.1, -0.05) is 23.7 Å². The predicted octanol–water partition coefficient (Wildman–Crippen LogP) is 3.56. The number of hydrogen-bond donors (Lipinski definition) is 1. The van der Waals surface area contributed by atoms with Crippen molar-refractivity contribution in [2.24, 2.45) is 0 Å². The van der Waals surface area contributed by atoms with E-state index in [1.807, 2.05) is 6.07 Å². The molecule has 1 atom stereocenters. The number of hydrogen-bond acceptors (Lipinski definition) is 5. The molecule has 1 unspecified atom stereocenters. The van der Waals surface area contributed by atoms with Gasteiger partial charge in [-0.25, -0.2) is 9.78 Å². The van der Waals surface area contributed by atoms with E-state index < -0.39 is 17.5 Å². The van der Waals surface area contributed by atoms with E-state index >= 15 is 0 Å². The van der Waals surface area contributed by atoms with Gasteiger partial charge in [-0.05, 0) is 31.2 Å². The summed E-state index contributed by atoms with van der Waals surface area (Å²) in [6.45, 7) is 1.51. The molecule has 0 bridgehead atoms. The number of furan rings is 1. The fraction of sp³-hybridized carbons (Fsp3) is 0.167. The maximum absolute atomic E-state index is 12.8. The van der Waals surface area contributed by atoms with Crippen LogP contribution in [0.1, 0.15) is 18.6 Å². The van der Waals surface area contributed by atoms with Crippen molar-refractivity contribution >= 4 is 23.5 Å². The predicted molar refractivity (Wildman–Crippen MR) is 92.1 cm³/mol. The molecule has 0 spiro atoms. The van der Waals surface area contributed by atoms with Crippen LogP contribution >= 0.6 is 11.6 Å². The van der Waals surface area contributed by atoms with E-state index in [4.69, 9.17) is 20.4 Å². The average molecular weight is 372 g/mol. The van der Waals surface area contributed by atoms with Gasteiger partial charge in [-0.3, -0.25) is 9.69 Å². The van der Waals surface area contributed by atoms with Crippen molar-refractivity contribution in [2.75, 3.05) is 0 Å². The Labute approximate surface area is 153 Å². The summed E-state index contributed by atoms with van der Waals surface area (Å²) in [5.74, 6) is 0.681. The summed E-state index contributed by atoms with van der Waals surface area (Å²) in [4.78, 5) is 30.3. The molecule has 1 aliphatic heterocycles. The number of rotatable bonds is 4. The summed E-state index contributed by atoms with van der Waals surface area (Å²) >= 11 is 5.98. The van der Waals surface area contributed by atoms with Crippen molar-refractivity contribution in [3.8, 4) is 11.3 Å². The van der Waals surface area contributed by atoms with Crippen molar-refractivity contribution < 1.29 is 18.4 Å². The number of imide groups is 1. The molecule has 0 saturated carbocycles. The summed E-state index contributed by atoms with van der Waals surface area (Å²) in [6.07, 6.45) is 2.99. The molecule has 1 fully saturated rings. The lowest BCUT2D eigenvalue weighted by atomic mass is 9.99. The molecule has 132 valence electrons. The minimum atomic E-state index is -1.25. The highest BCUT2D eigenvalue weighted by Gasteiger charge is 2.51. The molecule has 3 heterocycles. The van der Waals surface area contributed by atoms with Crippen LogP contribution in [0.25, 0.3) is 11.3 Å². The van der Waals surface area contributed by atoms with Gasteiger partial charge in [-0.2, -0.15) is 0 Å². The SMILES string of the molecule is CC1(c2ccco2)NC(=O)N(Cc2ncc(-c3cccc(Cl)c3)o2)C1=O. The van der Waals surface area contributed by atoms with Crippen molar-refractivity contribution in [1.29, 1.82) is 0 Å². The quantitative estimate of drug-likeness (QED) is 0.708. The fourth-order valence-electron chi connectivity index (χ4n) is 2.86. The summed E-state index contributed by atoms with van der Waals surface area (Å²) in [6, 6.07) is 9.90. The number of benzene rings is 1. The van der Waals surface area contributed by atoms with E-state index in [2.05, 4.69) is 10.3 Å². The first-order valence-corrected chi connectivity index (χ1v) is 8.24. The minimum absolute atomic E-state index is 0.0818. The largest absolute Gasteiger partial charge is 0.466 e. The Morgan fingerprint density at radius 3 is 2.85 bits per heavy atom. The number of oxazole rings is 1. The Balaban J connectivity index is 1.56. The summed E-state index contributed by atoms with van der Waals surface area (Å²) < 4.78 is 11.0. The number of carbonyl (C=O) groups is 2. The molecule has 7 nitrogen and oxygen atoms in total. The molecule has 0 radical (unpaired) electrons. The third-order valence-corrected chi connectivity index (χ3v) is 4.48. The zero-order valence-corrected chi connectivity index (χ0v) is 14.5. The highest BCUT2D eigenvalue weighted by molar-refractivity contribution is 6.30. The van der Waals surface area contributed by atoms with E-state index in [0.29, 0.717) is 16.5 Å². The third kappa shape index (κ3) is 2.66. The lowest BCUT2D eigenvalue weighted by Crippen LogP contribution is -2.40. The monoisotopic (exact) mass is 371 g/mol. The average Bonchev–Trinajstić information content (AvgIpc) is 3.34. The lowest BCUT2D eigenvalue weighted by molar-refractivity contribution is -0.132. The zero-order chi connectivity index (χ0) is 18.3. The van der Waals surface area contributed by atoms with Gasteiger partial charge in [-0.15, -0.1) is 0 Å². The van der Waals surface area contributed by atoms with E-state index in [1.165, 1.54) is 12.5 Å². The highest BCUT2D eigenvalue weighted by atomic mass is 35.5. The molecule has 1 saturated heterocycles. The number of carbonyl (C=O) groups excluding carboxylic acids is 2. The zero-order valence-electron chi connectivity index (χ0n) is 13.7. The Hall–Kier alpha value is -3.06. The Bertz CT molecular complexity index is 982. The van der Waals surface area contributed by atoms with Gasteiger partial charge in [0, 0.05) is 10.6 Å². The van der Waals surface area contributed by atoms with Crippen LogP contribution in [-0.2, 0) is 16.9 Å². The second kappa shape index (κ2) is 6.03. The smallest absolute Gasteiger partial charge is 0.325 e. The van der Waals surface area contributed by atoms with E-state index in [1.54, 1.807) is 37.3 Å². The fourth-order valence-corrected chi connectivity index (χ4v) is 3.05. The second-order valence-electron chi connectivity index (χ2n) is 6.05. The molecule has 1 N–H and O–H groups in total. The molecule has 1 aliphatic rings. The Kier molecular flexibility index (Phi) is 3.81. The maximum atomic E-state index is 12.8. The Morgan fingerprint density at radius 2 is 2.12 bits per heavy atom. The van der Waals surface area contributed by atoms with E-state index in [-0.39, 0.29) is 12.4 Å². The molecule has 26 heavy (non-hydrogen) atoms. The number of amides is 3. The van der Waals surface area contributed by atoms with Gasteiger partial charge >= 0.3 is 6.03 Å². The number of nitrogens with one attached hydrogen (secondary N) is 1. The molecule has 3 aromatic rings. The van der Waals surface area contributed by atoms with Gasteiger partial charge < -0.3 is 14.2 Å². The topological polar surface area (TPSA) is 88.6 Å². The number of nitrogens with zero attached hydrogens (tertiary/aromatic N) is 2. The van der Waals surface area contributed by atoms with Gasteiger partial charge in [0.25, 0.3) is 5.91 Å². The van der Waals surface area contributed by atoms with Crippen molar-refractivity contribution in [1.82, 2.24) is 15.2 Å². The van der Waals surface area contributed by atoms with Crippen LogP contribution in [0.4, 0.5) is 4.79 Å². The van der Waals surface area contributed by atoms with E-state index in [9.17, 15) is 9.59 Å². The van der Waals surface area contributed by atoms with Crippen LogP contribution in [0.15, 0.2) is 57.7 Å². The number of aromatic nitrogens is 1. The molecule has 2 aromatic heterocycles. The first-order chi connectivity index (χ1) is 12.5. The molecule has 4 rings (SSSR count). The number of urea groups is 1. The summed E-state index contributed by atoms with van der Waals surface area (Å²) in [7, 11) is 0. The Morgan fingerprint density at radius 1 is 1.27 bits per heavy atom. The van der Waals surface area contributed by atoms with Crippen LogP contribution < -0.4 is 5.32 Å². The van der Waals surface area contributed by atoms with Crippen molar-refractivity contribution in [3.05, 3.63) is 65.5 Å². The van der Waals surface area contributed by atoms with Crippen LogP contribution in [0.3, 0.4) is 0 Å². The summed E-state index contributed by atoms with van der Waals surface area (Å²) in [5, 5.41) is 3.23. The van der Waals surface area contributed by atoms with Crippen LogP contribution in [0.5, 0.6) is 0 Å². The van der Waals surface area contributed by atoms with Gasteiger partial charge in [0.05, 0.1) is 12.5 Å². The third-order valence-electron chi connectivity index (χ3n) is 4.25. The van der Waals surface area contributed by atoms with Crippen LogP contribution in [-0.4, -0.2) is 21.8 Å². The highest BCUT2D eigenvalue weighted by Crippen LogP contribution is 2.30. The normalized spacial score (nSPS) is 19.8. The molecule has 0 aliphatic carbocycles. The van der Waals surface area contributed by atoms with Gasteiger partial charge in [0.2, 0.25) is 5.89 Å². The van der Waals surface area contributed by atoms with Crippen molar-refractivity contribution in [3.63, 3.8) is 0 Å². The first kappa shape index (κ1) is 16.4. The molecule has 8 heteroatoms. The molecular formula is C18H14ClN3O4. The van der Waals surface area contributed by atoms with Crippen molar-refractivity contribution in [2.45, 2.75) is 19.0 Å². The number of halogens is 1. The minimum Gasteiger partial charge on any atom is -0.466 e. The molecule has 3 amide bonds. The summed E-state index contributed by atoms with van der Waals surface area (Å²) in [5.41, 5.74) is -0.489. The second-order valence-corrected chi connectivity index (χ2v) is 6.49. The first-order valence-electron chi connectivity index (χ1n) is 7.86. The molecular weight excluding hydrogens is 358 g/mol. The van der Waals surface area contributed by atoms with Gasteiger partial charge in [0.1, 0.15) is 12.3 Å². The molecule has 1 aromatic carbocycles. The van der Waals surface area contributed by atoms with Crippen LogP contribution in [0.2, 0.25) is 5.02 Å². The standard InChI is InChI=1S/C18H14ClN3O4/c1-18(14-6-3-7-25-14)16(23)22(17(24)21-18)10-15-20-9-13(26-15)11-4-2-5-12(19)8-11/h2-9H,10H2,1H3,(H,21,24).